The molecule has 1 aromatic carbocycles. The first-order valence-corrected chi connectivity index (χ1v) is 8.78. The van der Waals surface area contributed by atoms with E-state index in [-0.39, 0.29) is 12.1 Å². The van der Waals surface area contributed by atoms with E-state index in [0.717, 1.165) is 18.4 Å². The summed E-state index contributed by atoms with van der Waals surface area (Å²) >= 11 is 0. The Balaban J connectivity index is 1.75. The fraction of sp³-hybridized carbons (Fsp3) is 0.375. The maximum absolute atomic E-state index is 12.8. The van der Waals surface area contributed by atoms with Crippen LogP contribution in [0.1, 0.15) is 38.4 Å². The molecule has 0 aromatic heterocycles. The highest BCUT2D eigenvalue weighted by molar-refractivity contribution is 7.52. The third kappa shape index (κ3) is 3.29. The maximum Gasteiger partial charge on any atom is 0.459 e. The van der Waals surface area contributed by atoms with Gasteiger partial charge in [-0.3, -0.25) is 4.52 Å². The molecule has 0 radical (unpaired) electrons. The summed E-state index contributed by atoms with van der Waals surface area (Å²) in [6.45, 7) is 4.00. The molecule has 4 nitrogen and oxygen atoms in total. The second-order valence-electron chi connectivity index (χ2n) is 5.58. The molecule has 1 fully saturated rings. The number of allylic oxidation sites excluding steroid dienone is 3. The molecule has 5 heteroatoms. The normalized spacial score (nSPS) is 32.5. The first-order valence-electron chi connectivity index (χ1n) is 7.24. The highest BCUT2D eigenvalue weighted by atomic mass is 31.2. The average molecular weight is 305 g/mol. The van der Waals surface area contributed by atoms with Crippen molar-refractivity contribution in [1.29, 1.82) is 0 Å². The number of rotatable bonds is 3. The van der Waals surface area contributed by atoms with E-state index < -0.39 is 7.75 Å². The van der Waals surface area contributed by atoms with Crippen molar-refractivity contribution in [1.82, 2.24) is 5.09 Å². The van der Waals surface area contributed by atoms with E-state index >= 15 is 0 Å². The van der Waals surface area contributed by atoms with Crippen LogP contribution in [0.25, 0.3) is 0 Å². The Bertz CT molecular complexity index is 624. The summed E-state index contributed by atoms with van der Waals surface area (Å²) < 4.78 is 24.1. The molecule has 0 saturated carbocycles. The zero-order valence-electron chi connectivity index (χ0n) is 12.3. The van der Waals surface area contributed by atoms with Gasteiger partial charge >= 0.3 is 7.75 Å². The van der Waals surface area contributed by atoms with Gasteiger partial charge in [0.05, 0.1) is 0 Å². The SMILES string of the molecule is CC1=CC(OP2(=O)N[C@@H](C)[C@H](c3ccccc3)O2)=CCC1. The Morgan fingerprint density at radius 3 is 2.81 bits per heavy atom. The molecule has 1 unspecified atom stereocenters. The van der Waals surface area contributed by atoms with Gasteiger partial charge in [-0.25, -0.2) is 9.65 Å². The first-order chi connectivity index (χ1) is 10.1. The number of nitrogens with one attached hydrogen (secondary N) is 1. The van der Waals surface area contributed by atoms with Gasteiger partial charge in [0.25, 0.3) is 0 Å². The summed E-state index contributed by atoms with van der Waals surface area (Å²) in [6.07, 6.45) is 5.56. The second kappa shape index (κ2) is 5.80. The van der Waals surface area contributed by atoms with Crippen LogP contribution < -0.4 is 5.09 Å². The van der Waals surface area contributed by atoms with Crippen molar-refractivity contribution in [3.63, 3.8) is 0 Å². The van der Waals surface area contributed by atoms with Gasteiger partial charge in [0, 0.05) is 6.04 Å². The summed E-state index contributed by atoms with van der Waals surface area (Å²) in [5.74, 6) is 0.635. The van der Waals surface area contributed by atoms with E-state index in [1.54, 1.807) is 0 Å². The molecule has 1 aliphatic heterocycles. The summed E-state index contributed by atoms with van der Waals surface area (Å²) in [5.41, 5.74) is 2.23. The minimum absolute atomic E-state index is 0.0625. The van der Waals surface area contributed by atoms with Gasteiger partial charge in [-0.2, -0.15) is 0 Å². The fourth-order valence-corrected chi connectivity index (χ4v) is 4.45. The molecule has 1 aliphatic carbocycles. The Kier molecular flexibility index (Phi) is 4.03. The molecule has 3 atom stereocenters. The minimum atomic E-state index is -3.31. The van der Waals surface area contributed by atoms with Crippen molar-refractivity contribution in [3.05, 3.63) is 59.4 Å². The van der Waals surface area contributed by atoms with Crippen LogP contribution in [0.3, 0.4) is 0 Å². The van der Waals surface area contributed by atoms with Crippen LogP contribution in [0.2, 0.25) is 0 Å². The molecule has 1 heterocycles. The van der Waals surface area contributed by atoms with Crippen LogP contribution in [0, 0.1) is 0 Å². The fourth-order valence-electron chi connectivity index (χ4n) is 2.65. The molecular formula is C16H20NO3P. The van der Waals surface area contributed by atoms with Gasteiger partial charge in [0.15, 0.2) is 0 Å². The van der Waals surface area contributed by atoms with Crippen LogP contribution in [0.15, 0.2) is 53.8 Å². The zero-order chi connectivity index (χ0) is 14.9. The van der Waals surface area contributed by atoms with E-state index in [2.05, 4.69) is 5.09 Å². The minimum Gasteiger partial charge on any atom is -0.414 e. The number of benzene rings is 1. The Hall–Kier alpha value is -1.35. The number of hydrogen-bond donors (Lipinski definition) is 1. The molecular weight excluding hydrogens is 285 g/mol. The van der Waals surface area contributed by atoms with E-state index in [0.29, 0.717) is 5.76 Å². The quantitative estimate of drug-likeness (QED) is 0.836. The Labute approximate surface area is 125 Å². The molecule has 0 spiro atoms. The van der Waals surface area contributed by atoms with Crippen molar-refractivity contribution >= 4 is 7.75 Å². The van der Waals surface area contributed by atoms with Crippen LogP contribution in [0.4, 0.5) is 0 Å². The lowest BCUT2D eigenvalue weighted by Gasteiger charge is -2.17. The van der Waals surface area contributed by atoms with E-state index in [9.17, 15) is 4.57 Å². The lowest BCUT2D eigenvalue weighted by Crippen LogP contribution is -2.20. The predicted molar refractivity (Wildman–Crippen MR) is 82.6 cm³/mol. The summed E-state index contributed by atoms with van der Waals surface area (Å²) in [6, 6.07) is 9.74. The molecule has 1 N–H and O–H groups in total. The highest BCUT2D eigenvalue weighted by Gasteiger charge is 2.43. The lowest BCUT2D eigenvalue weighted by molar-refractivity contribution is 0.190. The summed E-state index contributed by atoms with van der Waals surface area (Å²) in [5, 5.41) is 2.98. The average Bonchev–Trinajstić information content (AvgIpc) is 2.75. The maximum atomic E-state index is 12.8. The molecule has 3 rings (SSSR count). The van der Waals surface area contributed by atoms with E-state index in [4.69, 9.17) is 9.05 Å². The van der Waals surface area contributed by atoms with E-state index in [1.807, 2.05) is 56.3 Å². The highest BCUT2D eigenvalue weighted by Crippen LogP contribution is 2.57. The molecule has 1 saturated heterocycles. The Morgan fingerprint density at radius 2 is 2.10 bits per heavy atom. The second-order valence-corrected chi connectivity index (χ2v) is 7.23. The first kappa shape index (κ1) is 14.6. The van der Waals surface area contributed by atoms with Gasteiger partial charge in [-0.15, -0.1) is 0 Å². The standard InChI is InChI=1S/C16H20NO3P/c1-12-7-6-10-15(11-12)19-21(18)17-13(2)16(20-21)14-8-4-3-5-9-14/h3-5,8-11,13,16H,6-7H2,1-2H3,(H,17,18)/t13-,16+,21?/m0/s1. The van der Waals surface area contributed by atoms with Gasteiger partial charge in [0.1, 0.15) is 11.9 Å². The molecule has 21 heavy (non-hydrogen) atoms. The van der Waals surface area contributed by atoms with Crippen molar-refractivity contribution in [3.8, 4) is 0 Å². The Morgan fingerprint density at radius 1 is 1.33 bits per heavy atom. The van der Waals surface area contributed by atoms with Gasteiger partial charge < -0.3 is 4.52 Å². The molecule has 112 valence electrons. The van der Waals surface area contributed by atoms with Crippen LogP contribution >= 0.6 is 7.75 Å². The predicted octanol–water partition coefficient (Wildman–Crippen LogP) is 4.48. The third-order valence-electron chi connectivity index (χ3n) is 3.69. The van der Waals surface area contributed by atoms with E-state index in [1.165, 1.54) is 5.57 Å². The number of hydrogen-bond acceptors (Lipinski definition) is 3. The third-order valence-corrected chi connectivity index (χ3v) is 5.37. The van der Waals surface area contributed by atoms with Crippen LogP contribution in [-0.2, 0) is 13.6 Å². The van der Waals surface area contributed by atoms with Gasteiger partial charge in [-0.05, 0) is 44.4 Å². The van der Waals surface area contributed by atoms with Crippen molar-refractivity contribution in [2.24, 2.45) is 0 Å². The summed E-state index contributed by atoms with van der Waals surface area (Å²) in [7, 11) is -3.31. The van der Waals surface area contributed by atoms with Crippen LogP contribution in [-0.4, -0.2) is 6.04 Å². The van der Waals surface area contributed by atoms with Gasteiger partial charge in [-0.1, -0.05) is 35.9 Å². The van der Waals surface area contributed by atoms with Crippen molar-refractivity contribution < 1.29 is 13.6 Å². The van der Waals surface area contributed by atoms with Crippen LogP contribution in [0.5, 0.6) is 0 Å². The van der Waals surface area contributed by atoms with Crippen molar-refractivity contribution in [2.75, 3.05) is 0 Å². The molecule has 1 aromatic rings. The molecule has 0 bridgehead atoms. The van der Waals surface area contributed by atoms with Crippen molar-refractivity contribution in [2.45, 2.75) is 38.8 Å². The smallest absolute Gasteiger partial charge is 0.414 e. The lowest BCUT2D eigenvalue weighted by atomic mass is 10.0. The summed E-state index contributed by atoms with van der Waals surface area (Å²) in [4.78, 5) is 0. The van der Waals surface area contributed by atoms with Gasteiger partial charge in [0.2, 0.25) is 0 Å². The zero-order valence-corrected chi connectivity index (χ0v) is 13.2. The monoisotopic (exact) mass is 305 g/mol. The largest absolute Gasteiger partial charge is 0.459 e. The molecule has 0 amide bonds. The molecule has 2 aliphatic rings. The topological polar surface area (TPSA) is 47.6 Å².